The number of carbonyl (C=O) groups is 1. The molecule has 0 aliphatic heterocycles. The summed E-state index contributed by atoms with van der Waals surface area (Å²) in [5.41, 5.74) is 1.94. The molecule has 1 N–H and O–H groups in total. The van der Waals surface area contributed by atoms with Crippen molar-refractivity contribution < 1.29 is 9.18 Å². The predicted molar refractivity (Wildman–Crippen MR) is 106 cm³/mol. The summed E-state index contributed by atoms with van der Waals surface area (Å²) in [4.78, 5) is 12.9. The molecule has 142 valence electrons. The number of carbonyl (C=O) groups excluding carboxylic acids is 1. The number of nitrogens with one attached hydrogen (secondary N) is 1. The first kappa shape index (κ1) is 18.2. The lowest BCUT2D eigenvalue weighted by atomic mass is 10.1. The van der Waals surface area contributed by atoms with Gasteiger partial charge in [0.05, 0.1) is 5.56 Å². The normalized spacial score (nSPS) is 11.1. The highest BCUT2D eigenvalue weighted by atomic mass is 32.1. The molecule has 2 heterocycles. The number of benzene rings is 2. The minimum Gasteiger partial charge on any atom is -0.348 e. The maximum Gasteiger partial charge on any atom is 0.254 e. The van der Waals surface area contributed by atoms with E-state index in [0.717, 1.165) is 39.8 Å². The van der Waals surface area contributed by atoms with E-state index >= 15 is 0 Å². The highest BCUT2D eigenvalue weighted by molar-refractivity contribution is 7.19. The fraction of sp³-hybridized carbons (Fsp3) is 0.200. The predicted octanol–water partition coefficient (Wildman–Crippen LogP) is 3.87. The Labute approximate surface area is 165 Å². The van der Waals surface area contributed by atoms with Crippen LogP contribution < -0.4 is 5.32 Å². The third-order valence-corrected chi connectivity index (χ3v) is 5.25. The molecule has 0 unspecified atom stereocenters. The number of rotatable bonds is 6. The summed E-state index contributed by atoms with van der Waals surface area (Å²) in [7, 11) is 0. The molecule has 2 aromatic heterocycles. The Morgan fingerprint density at radius 2 is 1.93 bits per heavy atom. The first-order valence-electron chi connectivity index (χ1n) is 8.99. The molecule has 0 aliphatic carbocycles. The van der Waals surface area contributed by atoms with Crippen LogP contribution >= 0.6 is 11.3 Å². The van der Waals surface area contributed by atoms with Crippen LogP contribution in [0.4, 0.5) is 4.39 Å². The molecule has 0 atom stereocenters. The van der Waals surface area contributed by atoms with E-state index < -0.39 is 11.7 Å². The Morgan fingerprint density at radius 3 is 2.68 bits per heavy atom. The second-order valence-electron chi connectivity index (χ2n) is 6.33. The maximum atomic E-state index is 13.7. The molecular weight excluding hydrogens is 377 g/mol. The largest absolute Gasteiger partial charge is 0.348 e. The van der Waals surface area contributed by atoms with Gasteiger partial charge in [-0.3, -0.25) is 4.79 Å². The number of halogens is 1. The van der Waals surface area contributed by atoms with Crippen molar-refractivity contribution in [2.45, 2.75) is 26.3 Å². The van der Waals surface area contributed by atoms with Gasteiger partial charge in [-0.05, 0) is 24.1 Å². The van der Waals surface area contributed by atoms with Gasteiger partial charge in [-0.2, -0.15) is 9.61 Å². The molecule has 0 fully saturated rings. The Morgan fingerprint density at radius 1 is 1.14 bits per heavy atom. The maximum absolute atomic E-state index is 13.7. The number of aryl methyl sites for hydroxylation is 1. The summed E-state index contributed by atoms with van der Waals surface area (Å²) >= 11 is 1.49. The van der Waals surface area contributed by atoms with Gasteiger partial charge in [0.2, 0.25) is 4.96 Å². The molecule has 0 aliphatic rings. The molecule has 4 aromatic rings. The van der Waals surface area contributed by atoms with Crippen molar-refractivity contribution in [3.05, 3.63) is 71.3 Å². The molecule has 1 amide bonds. The smallest absolute Gasteiger partial charge is 0.254 e. The van der Waals surface area contributed by atoms with E-state index in [9.17, 15) is 9.18 Å². The average Bonchev–Trinajstić information content (AvgIpc) is 3.29. The van der Waals surface area contributed by atoms with Gasteiger partial charge in [0.25, 0.3) is 5.91 Å². The second kappa shape index (κ2) is 7.85. The fourth-order valence-electron chi connectivity index (χ4n) is 2.84. The molecule has 28 heavy (non-hydrogen) atoms. The third-order valence-electron chi connectivity index (χ3n) is 4.30. The third kappa shape index (κ3) is 3.63. The van der Waals surface area contributed by atoms with E-state index in [1.165, 1.54) is 23.5 Å². The van der Waals surface area contributed by atoms with Gasteiger partial charge in [0.1, 0.15) is 10.8 Å². The lowest BCUT2D eigenvalue weighted by molar-refractivity contribution is 0.0947. The Bertz CT molecular complexity index is 1120. The van der Waals surface area contributed by atoms with Crippen molar-refractivity contribution in [1.82, 2.24) is 25.1 Å². The van der Waals surface area contributed by atoms with Crippen molar-refractivity contribution >= 4 is 22.2 Å². The van der Waals surface area contributed by atoms with Gasteiger partial charge < -0.3 is 5.32 Å². The fourth-order valence-corrected chi connectivity index (χ4v) is 3.71. The minimum atomic E-state index is -0.527. The van der Waals surface area contributed by atoms with E-state index in [1.807, 2.05) is 24.3 Å². The number of fused-ring (bicyclic) bond motifs is 1. The standard InChI is InChI=1S/C20H18FN5OS/c1-2-5-17-23-24-20-26(17)25-19(28-20)14-10-8-13(9-11-14)12-22-18(27)15-6-3-4-7-16(15)21/h3-4,6-11H,2,5,12H2,1H3,(H,22,27). The lowest BCUT2D eigenvalue weighted by Gasteiger charge is -2.06. The number of nitrogens with zero attached hydrogens (tertiary/aromatic N) is 4. The zero-order valence-corrected chi connectivity index (χ0v) is 16.0. The van der Waals surface area contributed by atoms with Crippen LogP contribution in [0.1, 0.15) is 35.1 Å². The molecule has 4 rings (SSSR count). The number of amides is 1. The molecule has 2 aromatic carbocycles. The monoisotopic (exact) mass is 395 g/mol. The summed E-state index contributed by atoms with van der Waals surface area (Å²) in [6.07, 6.45) is 1.83. The van der Waals surface area contributed by atoms with Gasteiger partial charge in [-0.25, -0.2) is 4.39 Å². The second-order valence-corrected chi connectivity index (χ2v) is 7.28. The highest BCUT2D eigenvalue weighted by Gasteiger charge is 2.13. The minimum absolute atomic E-state index is 0.0433. The lowest BCUT2D eigenvalue weighted by Crippen LogP contribution is -2.23. The Balaban J connectivity index is 1.45. The van der Waals surface area contributed by atoms with Crippen LogP contribution in [-0.4, -0.2) is 25.7 Å². The summed E-state index contributed by atoms with van der Waals surface area (Å²) < 4.78 is 15.5. The van der Waals surface area contributed by atoms with E-state index in [-0.39, 0.29) is 5.56 Å². The van der Waals surface area contributed by atoms with Crippen LogP contribution in [0.3, 0.4) is 0 Å². The zero-order valence-electron chi connectivity index (χ0n) is 15.2. The van der Waals surface area contributed by atoms with Crippen molar-refractivity contribution in [1.29, 1.82) is 0 Å². The SMILES string of the molecule is CCCc1nnc2sc(-c3ccc(CNC(=O)c4ccccc4F)cc3)nn12. The van der Waals surface area contributed by atoms with E-state index in [4.69, 9.17) is 0 Å². The molecular formula is C20H18FN5OS. The van der Waals surface area contributed by atoms with Crippen LogP contribution in [0.5, 0.6) is 0 Å². The highest BCUT2D eigenvalue weighted by Crippen LogP contribution is 2.26. The quantitative estimate of drug-likeness (QED) is 0.538. The molecule has 0 spiro atoms. The van der Waals surface area contributed by atoms with Gasteiger partial charge in [-0.1, -0.05) is 54.7 Å². The van der Waals surface area contributed by atoms with Crippen LogP contribution in [0.2, 0.25) is 0 Å². The van der Waals surface area contributed by atoms with Crippen LogP contribution in [0.25, 0.3) is 15.5 Å². The van der Waals surface area contributed by atoms with Crippen molar-refractivity contribution in [2.75, 3.05) is 0 Å². The van der Waals surface area contributed by atoms with Gasteiger partial charge in [0, 0.05) is 18.5 Å². The van der Waals surface area contributed by atoms with Crippen molar-refractivity contribution in [3.8, 4) is 10.6 Å². The molecule has 8 heteroatoms. The van der Waals surface area contributed by atoms with E-state index in [1.54, 1.807) is 16.6 Å². The molecule has 6 nitrogen and oxygen atoms in total. The van der Waals surface area contributed by atoms with Gasteiger partial charge >= 0.3 is 0 Å². The van der Waals surface area contributed by atoms with Crippen LogP contribution in [0.15, 0.2) is 48.5 Å². The topological polar surface area (TPSA) is 72.2 Å². The first-order chi connectivity index (χ1) is 13.7. The van der Waals surface area contributed by atoms with Crippen molar-refractivity contribution in [3.63, 3.8) is 0 Å². The number of hydrogen-bond donors (Lipinski definition) is 1. The summed E-state index contributed by atoms with van der Waals surface area (Å²) in [6.45, 7) is 2.41. The molecule has 0 radical (unpaired) electrons. The molecule has 0 saturated carbocycles. The van der Waals surface area contributed by atoms with E-state index in [0.29, 0.717) is 6.54 Å². The summed E-state index contributed by atoms with van der Waals surface area (Å²) in [5.74, 6) is -0.0900. The van der Waals surface area contributed by atoms with Crippen molar-refractivity contribution in [2.24, 2.45) is 0 Å². The van der Waals surface area contributed by atoms with Crippen LogP contribution in [0, 0.1) is 5.82 Å². The average molecular weight is 395 g/mol. The Hall–Kier alpha value is -3.13. The van der Waals surface area contributed by atoms with Gasteiger partial charge in [-0.15, -0.1) is 10.2 Å². The summed E-state index contributed by atoms with van der Waals surface area (Å²) in [5, 5.41) is 16.6. The molecule has 0 bridgehead atoms. The zero-order chi connectivity index (χ0) is 19.5. The van der Waals surface area contributed by atoms with E-state index in [2.05, 4.69) is 27.5 Å². The Kier molecular flexibility index (Phi) is 5.12. The summed E-state index contributed by atoms with van der Waals surface area (Å²) in [6, 6.07) is 13.7. The number of hydrogen-bond acceptors (Lipinski definition) is 5. The molecule has 0 saturated heterocycles. The first-order valence-corrected chi connectivity index (χ1v) is 9.80. The van der Waals surface area contributed by atoms with Gasteiger partial charge in [0.15, 0.2) is 5.82 Å². The number of aromatic nitrogens is 4. The van der Waals surface area contributed by atoms with Crippen LogP contribution in [-0.2, 0) is 13.0 Å².